The SMILES string of the molecule is COC(=O)C1CCN(c2nnnn2CC2C=CCC2)CC1. The normalized spacial score (nSPS) is 22.7. The molecule has 0 spiro atoms. The molecule has 1 saturated heterocycles. The smallest absolute Gasteiger partial charge is 0.308 e. The molecule has 1 aliphatic heterocycles. The summed E-state index contributed by atoms with van der Waals surface area (Å²) >= 11 is 0. The van der Waals surface area contributed by atoms with Gasteiger partial charge in [-0.3, -0.25) is 4.79 Å². The lowest BCUT2D eigenvalue weighted by Gasteiger charge is -2.31. The Balaban J connectivity index is 1.61. The van der Waals surface area contributed by atoms with E-state index in [1.807, 2.05) is 4.68 Å². The first-order chi connectivity index (χ1) is 10.3. The molecule has 1 unspecified atom stereocenters. The Morgan fingerprint density at radius 3 is 2.86 bits per heavy atom. The number of hydrogen-bond donors (Lipinski definition) is 0. The van der Waals surface area contributed by atoms with Crippen molar-refractivity contribution in [3.8, 4) is 0 Å². The van der Waals surface area contributed by atoms with Crippen molar-refractivity contribution in [2.75, 3.05) is 25.1 Å². The topological polar surface area (TPSA) is 73.1 Å². The van der Waals surface area contributed by atoms with Gasteiger partial charge in [-0.15, -0.1) is 0 Å². The predicted octanol–water partition coefficient (Wildman–Crippen LogP) is 1.03. The third kappa shape index (κ3) is 3.06. The monoisotopic (exact) mass is 291 g/mol. The Labute approximate surface area is 123 Å². The summed E-state index contributed by atoms with van der Waals surface area (Å²) in [4.78, 5) is 13.7. The molecule has 1 atom stereocenters. The van der Waals surface area contributed by atoms with Gasteiger partial charge in [0, 0.05) is 13.1 Å². The van der Waals surface area contributed by atoms with E-state index < -0.39 is 0 Å². The van der Waals surface area contributed by atoms with Gasteiger partial charge in [-0.25, -0.2) is 4.68 Å². The summed E-state index contributed by atoms with van der Waals surface area (Å²) in [6.07, 6.45) is 8.37. The summed E-state index contributed by atoms with van der Waals surface area (Å²) in [5.74, 6) is 1.25. The first-order valence-corrected chi connectivity index (χ1v) is 7.53. The fourth-order valence-electron chi connectivity index (χ4n) is 3.10. The van der Waals surface area contributed by atoms with Crippen LogP contribution in [0.5, 0.6) is 0 Å². The standard InChI is InChI=1S/C14H21N5O2/c1-21-13(20)12-6-8-18(9-7-12)14-15-16-17-19(14)10-11-4-2-3-5-11/h2,4,11-12H,3,5-10H2,1H3. The van der Waals surface area contributed by atoms with Gasteiger partial charge < -0.3 is 9.64 Å². The van der Waals surface area contributed by atoms with Gasteiger partial charge in [0.05, 0.1) is 19.6 Å². The second-order valence-corrected chi connectivity index (χ2v) is 5.71. The van der Waals surface area contributed by atoms with Crippen LogP contribution in [0.4, 0.5) is 5.95 Å². The lowest BCUT2D eigenvalue weighted by atomic mass is 9.97. The molecule has 21 heavy (non-hydrogen) atoms. The van der Waals surface area contributed by atoms with Gasteiger partial charge in [0.2, 0.25) is 5.95 Å². The molecular formula is C14H21N5O2. The van der Waals surface area contributed by atoms with E-state index in [2.05, 4.69) is 32.6 Å². The summed E-state index contributed by atoms with van der Waals surface area (Å²) in [5, 5.41) is 12.1. The Morgan fingerprint density at radius 1 is 1.38 bits per heavy atom. The van der Waals surface area contributed by atoms with Crippen LogP contribution in [0, 0.1) is 11.8 Å². The number of aromatic nitrogens is 4. The van der Waals surface area contributed by atoms with Crippen LogP contribution in [0.15, 0.2) is 12.2 Å². The maximum atomic E-state index is 11.6. The van der Waals surface area contributed by atoms with Crippen molar-refractivity contribution >= 4 is 11.9 Å². The van der Waals surface area contributed by atoms with Gasteiger partial charge in [-0.2, -0.15) is 0 Å². The number of hydrogen-bond acceptors (Lipinski definition) is 6. The second kappa shape index (κ2) is 6.24. The predicted molar refractivity (Wildman–Crippen MR) is 76.6 cm³/mol. The van der Waals surface area contributed by atoms with Crippen LogP contribution in [-0.2, 0) is 16.1 Å². The zero-order valence-electron chi connectivity index (χ0n) is 12.3. The van der Waals surface area contributed by atoms with Crippen molar-refractivity contribution < 1.29 is 9.53 Å². The van der Waals surface area contributed by atoms with Gasteiger partial charge in [-0.1, -0.05) is 17.3 Å². The highest BCUT2D eigenvalue weighted by molar-refractivity contribution is 5.72. The molecule has 0 N–H and O–H groups in total. The van der Waals surface area contributed by atoms with Crippen LogP contribution in [0.2, 0.25) is 0 Å². The number of tetrazole rings is 1. The third-order valence-corrected chi connectivity index (χ3v) is 4.35. The molecule has 1 aromatic heterocycles. The Bertz CT molecular complexity index is 519. The molecule has 0 radical (unpaired) electrons. The maximum absolute atomic E-state index is 11.6. The number of piperidine rings is 1. The van der Waals surface area contributed by atoms with Crippen molar-refractivity contribution in [3.63, 3.8) is 0 Å². The van der Waals surface area contributed by atoms with E-state index in [0.717, 1.165) is 44.8 Å². The number of allylic oxidation sites excluding steroid dienone is 2. The van der Waals surface area contributed by atoms with Gasteiger partial charge in [0.1, 0.15) is 0 Å². The summed E-state index contributed by atoms with van der Waals surface area (Å²) in [6, 6.07) is 0. The van der Waals surface area contributed by atoms with Crippen LogP contribution >= 0.6 is 0 Å². The van der Waals surface area contributed by atoms with Crippen molar-refractivity contribution in [1.82, 2.24) is 20.2 Å². The van der Waals surface area contributed by atoms with Crippen LogP contribution in [0.25, 0.3) is 0 Å². The van der Waals surface area contributed by atoms with Crippen molar-refractivity contribution in [3.05, 3.63) is 12.2 Å². The Morgan fingerprint density at radius 2 is 2.19 bits per heavy atom. The van der Waals surface area contributed by atoms with E-state index in [-0.39, 0.29) is 11.9 Å². The van der Waals surface area contributed by atoms with E-state index in [4.69, 9.17) is 4.74 Å². The minimum absolute atomic E-state index is 0.00773. The maximum Gasteiger partial charge on any atom is 0.308 e. The highest BCUT2D eigenvalue weighted by Gasteiger charge is 2.28. The van der Waals surface area contributed by atoms with Gasteiger partial charge >= 0.3 is 5.97 Å². The first-order valence-electron chi connectivity index (χ1n) is 7.53. The van der Waals surface area contributed by atoms with E-state index in [0.29, 0.717) is 5.92 Å². The summed E-state index contributed by atoms with van der Waals surface area (Å²) in [6.45, 7) is 2.41. The minimum atomic E-state index is -0.106. The summed E-state index contributed by atoms with van der Waals surface area (Å²) in [7, 11) is 1.45. The molecule has 1 aliphatic carbocycles. The van der Waals surface area contributed by atoms with Gasteiger partial charge in [0.25, 0.3) is 0 Å². The highest BCUT2D eigenvalue weighted by Crippen LogP contribution is 2.24. The van der Waals surface area contributed by atoms with E-state index >= 15 is 0 Å². The zero-order valence-corrected chi connectivity index (χ0v) is 12.3. The molecule has 0 amide bonds. The van der Waals surface area contributed by atoms with Gasteiger partial charge in [-0.05, 0) is 42.0 Å². The van der Waals surface area contributed by atoms with E-state index in [1.54, 1.807) is 0 Å². The molecule has 1 aromatic rings. The number of methoxy groups -OCH3 is 1. The Kier molecular flexibility index (Phi) is 4.17. The quantitative estimate of drug-likeness (QED) is 0.609. The number of nitrogens with zero attached hydrogens (tertiary/aromatic N) is 5. The molecule has 1 fully saturated rings. The third-order valence-electron chi connectivity index (χ3n) is 4.35. The molecular weight excluding hydrogens is 270 g/mol. The number of carbonyl (C=O) groups excluding carboxylic acids is 1. The van der Waals surface area contributed by atoms with Crippen LogP contribution < -0.4 is 4.90 Å². The fourth-order valence-corrected chi connectivity index (χ4v) is 3.10. The average molecular weight is 291 g/mol. The second-order valence-electron chi connectivity index (χ2n) is 5.71. The first kappa shape index (κ1) is 14.0. The highest BCUT2D eigenvalue weighted by atomic mass is 16.5. The van der Waals surface area contributed by atoms with Crippen molar-refractivity contribution in [2.45, 2.75) is 32.2 Å². The number of anilines is 1. The Hall–Kier alpha value is -1.92. The van der Waals surface area contributed by atoms with E-state index in [1.165, 1.54) is 13.5 Å². The molecule has 7 nitrogen and oxygen atoms in total. The summed E-state index contributed by atoms with van der Waals surface area (Å²) < 4.78 is 6.71. The lowest BCUT2D eigenvalue weighted by Crippen LogP contribution is -2.38. The largest absolute Gasteiger partial charge is 0.469 e. The molecule has 0 aromatic carbocycles. The van der Waals surface area contributed by atoms with Crippen LogP contribution in [0.3, 0.4) is 0 Å². The number of carbonyl (C=O) groups is 1. The molecule has 7 heteroatoms. The van der Waals surface area contributed by atoms with Crippen molar-refractivity contribution in [1.29, 1.82) is 0 Å². The lowest BCUT2D eigenvalue weighted by molar-refractivity contribution is -0.146. The average Bonchev–Trinajstić information content (AvgIpc) is 3.19. The van der Waals surface area contributed by atoms with E-state index in [9.17, 15) is 4.79 Å². The van der Waals surface area contributed by atoms with Gasteiger partial charge in [0.15, 0.2) is 0 Å². The molecule has 3 rings (SSSR count). The molecule has 0 saturated carbocycles. The van der Waals surface area contributed by atoms with Crippen LogP contribution in [0.1, 0.15) is 25.7 Å². The number of esters is 1. The molecule has 114 valence electrons. The number of ether oxygens (including phenoxy) is 1. The molecule has 2 heterocycles. The molecule has 2 aliphatic rings. The molecule has 0 bridgehead atoms. The van der Waals surface area contributed by atoms with Crippen molar-refractivity contribution in [2.24, 2.45) is 11.8 Å². The zero-order chi connectivity index (χ0) is 14.7. The fraction of sp³-hybridized carbons (Fsp3) is 0.714. The minimum Gasteiger partial charge on any atom is -0.469 e. The number of rotatable bonds is 4. The van der Waals surface area contributed by atoms with Crippen LogP contribution in [-0.4, -0.2) is 46.4 Å². The summed E-state index contributed by atoms with van der Waals surface area (Å²) in [5.41, 5.74) is 0.